The molecule has 0 spiro atoms. The smallest absolute Gasteiger partial charge is 0.422 e. The van der Waals surface area contributed by atoms with E-state index in [4.69, 9.17) is 9.84 Å². The summed E-state index contributed by atoms with van der Waals surface area (Å²) < 4.78 is 45.8. The van der Waals surface area contributed by atoms with Crippen molar-refractivity contribution >= 4 is 12.0 Å². The van der Waals surface area contributed by atoms with Crippen LogP contribution in [-0.4, -0.2) is 31.0 Å². The summed E-state index contributed by atoms with van der Waals surface area (Å²) in [6.07, 6.45) is -2.52. The van der Waals surface area contributed by atoms with Crippen LogP contribution in [0.1, 0.15) is 5.56 Å². The first kappa shape index (κ1) is 14.9. The van der Waals surface area contributed by atoms with Gasteiger partial charge in [-0.25, -0.2) is 4.79 Å². The lowest BCUT2D eigenvalue weighted by Crippen LogP contribution is -2.19. The van der Waals surface area contributed by atoms with Crippen LogP contribution in [0.15, 0.2) is 24.3 Å². The van der Waals surface area contributed by atoms with Gasteiger partial charge in [0.2, 0.25) is 0 Å². The third-order valence-corrected chi connectivity index (χ3v) is 2.02. The minimum Gasteiger partial charge on any atom is -0.497 e. The molecule has 0 aliphatic rings. The number of aliphatic carboxylic acids is 1. The number of ether oxygens (including phenoxy) is 2. The Balaban J connectivity index is 2.99. The number of benzene rings is 1. The van der Waals surface area contributed by atoms with Crippen LogP contribution in [0.5, 0.6) is 11.5 Å². The second-order valence-electron chi connectivity index (χ2n) is 3.48. The number of carbonyl (C=O) groups is 1. The average molecular weight is 276 g/mol. The van der Waals surface area contributed by atoms with Crippen molar-refractivity contribution in [2.45, 2.75) is 6.18 Å². The maximum atomic E-state index is 12.1. The van der Waals surface area contributed by atoms with E-state index in [9.17, 15) is 18.0 Å². The molecule has 0 fully saturated rings. The van der Waals surface area contributed by atoms with Gasteiger partial charge in [-0.15, -0.1) is 0 Å². The zero-order valence-electron chi connectivity index (χ0n) is 9.90. The summed E-state index contributed by atoms with van der Waals surface area (Å²) in [6.45, 7) is -1.46. The number of carboxylic acid groups (broad SMARTS) is 1. The number of carboxylic acids is 1. The van der Waals surface area contributed by atoms with Crippen LogP contribution in [0.4, 0.5) is 13.2 Å². The summed E-state index contributed by atoms with van der Waals surface area (Å²) in [6, 6.07) is 4.15. The lowest BCUT2D eigenvalue weighted by molar-refractivity contribution is -0.153. The predicted molar refractivity (Wildman–Crippen MR) is 61.2 cm³/mol. The van der Waals surface area contributed by atoms with Gasteiger partial charge in [0.1, 0.15) is 11.5 Å². The van der Waals surface area contributed by atoms with Crippen molar-refractivity contribution < 1.29 is 32.5 Å². The van der Waals surface area contributed by atoms with Crippen molar-refractivity contribution in [3.05, 3.63) is 29.8 Å². The SMILES string of the molecule is COc1ccc(C=CC(=O)O)c(OCC(F)(F)F)c1. The number of halogens is 3. The normalized spacial score (nSPS) is 11.6. The molecule has 4 nitrogen and oxygen atoms in total. The van der Waals surface area contributed by atoms with Gasteiger partial charge in [-0.2, -0.15) is 13.2 Å². The number of alkyl halides is 3. The van der Waals surface area contributed by atoms with Crippen LogP contribution < -0.4 is 9.47 Å². The highest BCUT2D eigenvalue weighted by Crippen LogP contribution is 2.27. The highest BCUT2D eigenvalue weighted by atomic mass is 19.4. The van der Waals surface area contributed by atoms with Gasteiger partial charge in [-0.05, 0) is 18.2 Å². The second-order valence-corrected chi connectivity index (χ2v) is 3.48. The van der Waals surface area contributed by atoms with Gasteiger partial charge in [-0.1, -0.05) is 0 Å². The molecule has 104 valence electrons. The van der Waals surface area contributed by atoms with E-state index in [1.807, 2.05) is 0 Å². The standard InChI is InChI=1S/C12H11F3O4/c1-18-9-4-2-8(3-5-11(16)17)10(6-9)19-7-12(13,14)15/h2-6H,7H2,1H3,(H,16,17). The molecule has 1 N–H and O–H groups in total. The van der Waals surface area contributed by atoms with E-state index in [0.717, 1.165) is 12.2 Å². The largest absolute Gasteiger partial charge is 0.497 e. The Hall–Kier alpha value is -2.18. The molecule has 0 radical (unpaired) electrons. The summed E-state index contributed by atoms with van der Waals surface area (Å²) in [5, 5.41) is 8.49. The van der Waals surface area contributed by atoms with E-state index < -0.39 is 18.8 Å². The van der Waals surface area contributed by atoms with Crippen molar-refractivity contribution in [1.82, 2.24) is 0 Å². The van der Waals surface area contributed by atoms with Gasteiger partial charge >= 0.3 is 12.1 Å². The molecule has 0 aliphatic heterocycles. The van der Waals surface area contributed by atoms with Crippen LogP contribution >= 0.6 is 0 Å². The first-order valence-electron chi connectivity index (χ1n) is 5.10. The number of hydrogen-bond donors (Lipinski definition) is 1. The molecule has 0 saturated carbocycles. The van der Waals surface area contributed by atoms with Gasteiger partial charge in [0.05, 0.1) is 7.11 Å². The van der Waals surface area contributed by atoms with Gasteiger partial charge in [0, 0.05) is 17.7 Å². The fourth-order valence-electron chi connectivity index (χ4n) is 1.23. The number of methoxy groups -OCH3 is 1. The monoisotopic (exact) mass is 276 g/mol. The van der Waals surface area contributed by atoms with E-state index in [2.05, 4.69) is 4.74 Å². The van der Waals surface area contributed by atoms with Crippen LogP contribution in [-0.2, 0) is 4.79 Å². The van der Waals surface area contributed by atoms with Crippen LogP contribution in [0, 0.1) is 0 Å². The molecule has 19 heavy (non-hydrogen) atoms. The fourth-order valence-corrected chi connectivity index (χ4v) is 1.23. The summed E-state index contributed by atoms with van der Waals surface area (Å²) in [7, 11) is 1.36. The van der Waals surface area contributed by atoms with Crippen LogP contribution in [0.3, 0.4) is 0 Å². The Morgan fingerprint density at radius 1 is 1.42 bits per heavy atom. The van der Waals surface area contributed by atoms with Gasteiger partial charge in [-0.3, -0.25) is 0 Å². The minimum atomic E-state index is -4.48. The zero-order valence-corrected chi connectivity index (χ0v) is 9.90. The van der Waals surface area contributed by atoms with E-state index in [0.29, 0.717) is 5.75 Å². The lowest BCUT2D eigenvalue weighted by atomic mass is 10.1. The Kier molecular flexibility index (Phi) is 4.80. The molecule has 7 heteroatoms. The van der Waals surface area contributed by atoms with E-state index >= 15 is 0 Å². The van der Waals surface area contributed by atoms with Crippen molar-refractivity contribution in [2.24, 2.45) is 0 Å². The summed E-state index contributed by atoms with van der Waals surface area (Å²) in [4.78, 5) is 10.4. The maximum absolute atomic E-state index is 12.1. The van der Waals surface area contributed by atoms with Crippen LogP contribution in [0.25, 0.3) is 6.08 Å². The number of hydrogen-bond acceptors (Lipinski definition) is 3. The van der Waals surface area contributed by atoms with E-state index in [1.54, 1.807) is 0 Å². The molecule has 1 rings (SSSR count). The van der Waals surface area contributed by atoms with Gasteiger partial charge < -0.3 is 14.6 Å². The van der Waals surface area contributed by atoms with Crippen molar-refractivity contribution in [3.8, 4) is 11.5 Å². The molecule has 0 aromatic heterocycles. The summed E-state index contributed by atoms with van der Waals surface area (Å²) >= 11 is 0. The average Bonchev–Trinajstić information content (AvgIpc) is 2.33. The molecule has 0 aliphatic carbocycles. The van der Waals surface area contributed by atoms with Crippen molar-refractivity contribution in [2.75, 3.05) is 13.7 Å². The zero-order chi connectivity index (χ0) is 14.5. The topological polar surface area (TPSA) is 55.8 Å². The predicted octanol–water partition coefficient (Wildman–Crippen LogP) is 2.73. The maximum Gasteiger partial charge on any atom is 0.422 e. The molecule has 0 atom stereocenters. The molecule has 0 heterocycles. The molecule has 1 aromatic carbocycles. The third-order valence-electron chi connectivity index (χ3n) is 2.02. The third kappa shape index (κ3) is 5.33. The Bertz CT molecular complexity index is 480. The quantitative estimate of drug-likeness (QED) is 0.840. The van der Waals surface area contributed by atoms with Crippen molar-refractivity contribution in [1.29, 1.82) is 0 Å². The Morgan fingerprint density at radius 3 is 2.63 bits per heavy atom. The van der Waals surface area contributed by atoms with Gasteiger partial charge in [0.25, 0.3) is 0 Å². The summed E-state index contributed by atoms with van der Waals surface area (Å²) in [5.74, 6) is -1.00. The second kappa shape index (κ2) is 6.12. The minimum absolute atomic E-state index is 0.103. The highest BCUT2D eigenvalue weighted by Gasteiger charge is 2.28. The molecule has 0 unspecified atom stereocenters. The van der Waals surface area contributed by atoms with Crippen molar-refractivity contribution in [3.63, 3.8) is 0 Å². The van der Waals surface area contributed by atoms with E-state index in [-0.39, 0.29) is 11.3 Å². The first-order chi connectivity index (χ1) is 8.81. The van der Waals surface area contributed by atoms with Gasteiger partial charge in [0.15, 0.2) is 6.61 Å². The molecule has 0 amide bonds. The molecule has 0 saturated heterocycles. The highest BCUT2D eigenvalue weighted by molar-refractivity contribution is 5.86. The molecular weight excluding hydrogens is 265 g/mol. The van der Waals surface area contributed by atoms with E-state index in [1.165, 1.54) is 25.3 Å². The molecular formula is C12H11F3O4. The number of rotatable bonds is 5. The molecule has 0 bridgehead atoms. The lowest BCUT2D eigenvalue weighted by Gasteiger charge is -2.12. The molecule has 1 aromatic rings. The fraction of sp³-hybridized carbons (Fsp3) is 0.250. The summed E-state index contributed by atoms with van der Waals surface area (Å²) in [5.41, 5.74) is 0.215. The first-order valence-corrected chi connectivity index (χ1v) is 5.10. The van der Waals surface area contributed by atoms with Crippen LogP contribution in [0.2, 0.25) is 0 Å². The Labute approximate surface area is 107 Å². The Morgan fingerprint density at radius 2 is 2.11 bits per heavy atom.